The highest BCUT2D eigenvalue weighted by Crippen LogP contribution is 2.20. The summed E-state index contributed by atoms with van der Waals surface area (Å²) in [7, 11) is 0. The Hall–Kier alpha value is -2.47. The van der Waals surface area contributed by atoms with Gasteiger partial charge in [0.05, 0.1) is 6.33 Å². The fourth-order valence-electron chi connectivity index (χ4n) is 3.40. The molecule has 0 fully saturated rings. The zero-order valence-electron chi connectivity index (χ0n) is 14.8. The smallest absolute Gasteiger partial charge is 0.135 e. The highest BCUT2D eigenvalue weighted by atomic mass is 15.3. The topological polar surface area (TPSA) is 60.6 Å². The summed E-state index contributed by atoms with van der Waals surface area (Å²) in [5.74, 6) is 2.65. The Morgan fingerprint density at radius 1 is 1.20 bits per heavy atom. The van der Waals surface area contributed by atoms with Crippen molar-refractivity contribution in [2.45, 2.75) is 51.7 Å². The minimum absolute atomic E-state index is 0.413. The zero-order chi connectivity index (χ0) is 17.2. The SMILES string of the molecule is CC(C)c1nnc2n1C[C@@H](NCc1ccc(-n3ccnc3)cc1)CC2. The van der Waals surface area contributed by atoms with Gasteiger partial charge in [0.25, 0.3) is 0 Å². The lowest BCUT2D eigenvalue weighted by Crippen LogP contribution is -2.37. The van der Waals surface area contributed by atoms with E-state index in [1.54, 1.807) is 6.20 Å². The second-order valence-electron chi connectivity index (χ2n) is 6.99. The van der Waals surface area contributed by atoms with Crippen molar-refractivity contribution in [2.24, 2.45) is 0 Å². The van der Waals surface area contributed by atoms with Gasteiger partial charge in [-0.05, 0) is 24.1 Å². The van der Waals surface area contributed by atoms with Crippen molar-refractivity contribution in [1.29, 1.82) is 0 Å². The Morgan fingerprint density at radius 2 is 2.04 bits per heavy atom. The summed E-state index contributed by atoms with van der Waals surface area (Å²) >= 11 is 0. The van der Waals surface area contributed by atoms with E-state index in [0.717, 1.165) is 43.3 Å². The molecule has 25 heavy (non-hydrogen) atoms. The lowest BCUT2D eigenvalue weighted by atomic mass is 10.1. The molecule has 0 radical (unpaired) electrons. The van der Waals surface area contributed by atoms with Crippen LogP contribution in [0.2, 0.25) is 0 Å². The molecule has 1 aromatic carbocycles. The second-order valence-corrected chi connectivity index (χ2v) is 6.99. The van der Waals surface area contributed by atoms with Gasteiger partial charge in [0.1, 0.15) is 11.6 Å². The van der Waals surface area contributed by atoms with E-state index in [-0.39, 0.29) is 0 Å². The van der Waals surface area contributed by atoms with E-state index in [9.17, 15) is 0 Å². The fourth-order valence-corrected chi connectivity index (χ4v) is 3.40. The Labute approximate surface area is 147 Å². The summed E-state index contributed by atoms with van der Waals surface area (Å²) in [6.45, 7) is 6.19. The summed E-state index contributed by atoms with van der Waals surface area (Å²) in [4.78, 5) is 4.09. The van der Waals surface area contributed by atoms with Gasteiger partial charge in [-0.2, -0.15) is 0 Å². The minimum atomic E-state index is 0.413. The number of nitrogens with one attached hydrogen (secondary N) is 1. The normalized spacial score (nSPS) is 17.0. The van der Waals surface area contributed by atoms with Gasteiger partial charge in [-0.15, -0.1) is 10.2 Å². The zero-order valence-corrected chi connectivity index (χ0v) is 14.8. The first-order chi connectivity index (χ1) is 12.2. The third-order valence-corrected chi connectivity index (χ3v) is 4.83. The quantitative estimate of drug-likeness (QED) is 0.778. The van der Waals surface area contributed by atoms with Gasteiger partial charge in [-0.25, -0.2) is 4.98 Å². The third kappa shape index (κ3) is 3.35. The highest BCUT2D eigenvalue weighted by Gasteiger charge is 2.23. The van der Waals surface area contributed by atoms with Crippen LogP contribution < -0.4 is 5.32 Å². The molecule has 6 heteroatoms. The van der Waals surface area contributed by atoms with Crippen LogP contribution in [0.1, 0.15) is 43.4 Å². The van der Waals surface area contributed by atoms with E-state index in [1.807, 2.05) is 17.1 Å². The molecule has 2 aromatic heterocycles. The minimum Gasteiger partial charge on any atom is -0.313 e. The predicted octanol–water partition coefficient (Wildman–Crippen LogP) is 2.69. The Bertz CT molecular complexity index is 816. The molecule has 0 aliphatic carbocycles. The maximum absolute atomic E-state index is 4.36. The number of aromatic nitrogens is 5. The van der Waals surface area contributed by atoms with Crippen LogP contribution in [0.5, 0.6) is 0 Å². The largest absolute Gasteiger partial charge is 0.313 e. The van der Waals surface area contributed by atoms with E-state index in [4.69, 9.17) is 0 Å². The molecule has 1 atom stereocenters. The molecule has 1 aliphatic rings. The van der Waals surface area contributed by atoms with Gasteiger partial charge in [-0.1, -0.05) is 26.0 Å². The molecule has 6 nitrogen and oxygen atoms in total. The molecule has 0 amide bonds. The summed E-state index contributed by atoms with van der Waals surface area (Å²) < 4.78 is 4.31. The van der Waals surface area contributed by atoms with Crippen LogP contribution in [0.4, 0.5) is 0 Å². The second kappa shape index (κ2) is 6.80. The first kappa shape index (κ1) is 16.0. The van der Waals surface area contributed by atoms with Crippen LogP contribution in [0, 0.1) is 0 Å². The first-order valence-electron chi connectivity index (χ1n) is 8.93. The standard InChI is InChI=1S/C19H24N6/c1-14(2)19-23-22-18-8-5-16(12-25(18)19)21-11-15-3-6-17(7-4-15)24-10-9-20-13-24/h3-4,6-7,9-10,13-14,16,21H,5,8,11-12H2,1-2H3/t16-/m0/s1. The van der Waals surface area contributed by atoms with Crippen molar-refractivity contribution in [1.82, 2.24) is 29.6 Å². The molecular formula is C19H24N6. The summed E-state index contributed by atoms with van der Waals surface area (Å²) in [6, 6.07) is 9.08. The molecule has 4 rings (SSSR count). The number of benzene rings is 1. The van der Waals surface area contributed by atoms with E-state index in [2.05, 4.69) is 63.2 Å². The molecule has 0 unspecified atom stereocenters. The van der Waals surface area contributed by atoms with Crippen LogP contribution in [0.25, 0.3) is 5.69 Å². The average Bonchev–Trinajstić information content (AvgIpc) is 3.29. The predicted molar refractivity (Wildman–Crippen MR) is 96.6 cm³/mol. The average molecular weight is 336 g/mol. The molecule has 3 heterocycles. The number of hydrogen-bond acceptors (Lipinski definition) is 4. The van der Waals surface area contributed by atoms with Crippen molar-refractivity contribution in [3.8, 4) is 5.69 Å². The van der Waals surface area contributed by atoms with Crippen molar-refractivity contribution >= 4 is 0 Å². The van der Waals surface area contributed by atoms with Crippen molar-refractivity contribution < 1.29 is 0 Å². The van der Waals surface area contributed by atoms with Gasteiger partial charge >= 0.3 is 0 Å². The van der Waals surface area contributed by atoms with Gasteiger partial charge in [0.2, 0.25) is 0 Å². The molecule has 130 valence electrons. The van der Waals surface area contributed by atoms with Gasteiger partial charge in [-0.3, -0.25) is 0 Å². The van der Waals surface area contributed by atoms with Crippen molar-refractivity contribution in [2.75, 3.05) is 0 Å². The molecular weight excluding hydrogens is 312 g/mol. The Kier molecular flexibility index (Phi) is 4.36. The molecule has 0 saturated carbocycles. The summed E-state index contributed by atoms with van der Waals surface area (Å²) in [5.41, 5.74) is 2.43. The number of fused-ring (bicyclic) bond motifs is 1. The van der Waals surface area contributed by atoms with Crippen LogP contribution in [-0.2, 0) is 19.5 Å². The van der Waals surface area contributed by atoms with E-state index < -0.39 is 0 Å². The molecule has 1 aliphatic heterocycles. The maximum Gasteiger partial charge on any atom is 0.135 e. The number of imidazole rings is 1. The van der Waals surface area contributed by atoms with Crippen LogP contribution in [-0.4, -0.2) is 30.4 Å². The molecule has 0 spiro atoms. The van der Waals surface area contributed by atoms with Gasteiger partial charge in [0.15, 0.2) is 0 Å². The van der Waals surface area contributed by atoms with Crippen molar-refractivity contribution in [3.63, 3.8) is 0 Å². The lowest BCUT2D eigenvalue weighted by molar-refractivity contribution is 0.370. The first-order valence-corrected chi connectivity index (χ1v) is 8.93. The van der Waals surface area contributed by atoms with E-state index in [1.165, 1.54) is 5.56 Å². The van der Waals surface area contributed by atoms with Crippen molar-refractivity contribution in [3.05, 3.63) is 60.2 Å². The Balaban J connectivity index is 1.38. The lowest BCUT2D eigenvalue weighted by Gasteiger charge is -2.26. The van der Waals surface area contributed by atoms with Crippen LogP contribution >= 0.6 is 0 Å². The number of hydrogen-bond donors (Lipinski definition) is 1. The van der Waals surface area contributed by atoms with E-state index >= 15 is 0 Å². The molecule has 0 bridgehead atoms. The van der Waals surface area contributed by atoms with Crippen LogP contribution in [0.15, 0.2) is 43.0 Å². The number of rotatable bonds is 5. The Morgan fingerprint density at radius 3 is 2.76 bits per heavy atom. The highest BCUT2D eigenvalue weighted by molar-refractivity contribution is 5.34. The van der Waals surface area contributed by atoms with Crippen LogP contribution in [0.3, 0.4) is 0 Å². The molecule has 1 N–H and O–H groups in total. The molecule has 3 aromatic rings. The number of aryl methyl sites for hydroxylation is 1. The third-order valence-electron chi connectivity index (χ3n) is 4.83. The number of nitrogens with zero attached hydrogens (tertiary/aromatic N) is 5. The van der Waals surface area contributed by atoms with E-state index in [0.29, 0.717) is 12.0 Å². The summed E-state index contributed by atoms with van der Waals surface area (Å²) in [6.07, 6.45) is 7.68. The monoisotopic (exact) mass is 336 g/mol. The molecule has 0 saturated heterocycles. The van der Waals surface area contributed by atoms with Gasteiger partial charge < -0.3 is 14.5 Å². The summed E-state index contributed by atoms with van der Waals surface area (Å²) in [5, 5.41) is 12.4. The fraction of sp³-hybridized carbons (Fsp3) is 0.421. The van der Waals surface area contributed by atoms with Gasteiger partial charge in [0, 0.05) is 49.6 Å². The maximum atomic E-state index is 4.36.